The third kappa shape index (κ3) is 5.00. The van der Waals surface area contributed by atoms with Gasteiger partial charge in [0, 0.05) is 11.5 Å². The Morgan fingerprint density at radius 3 is 2.23 bits per heavy atom. The van der Waals surface area contributed by atoms with Gasteiger partial charge in [-0.15, -0.1) is 0 Å². The average Bonchev–Trinajstić information content (AvgIpc) is 3.07. The first-order valence-corrected chi connectivity index (χ1v) is 17.2. The Bertz CT molecular complexity index is 818. The van der Waals surface area contributed by atoms with Crippen LogP contribution in [0.25, 0.3) is 0 Å². The molecule has 200 valence electrons. The second kappa shape index (κ2) is 9.45. The molecule has 4 aliphatic carbocycles. The van der Waals surface area contributed by atoms with Gasteiger partial charge in [0.25, 0.3) is 0 Å². The molecule has 1 N–H and O–H groups in total. The van der Waals surface area contributed by atoms with Crippen molar-refractivity contribution < 1.29 is 23.9 Å². The second-order valence-electron chi connectivity index (χ2n) is 14.4. The Hall–Kier alpha value is -0.883. The highest BCUT2D eigenvalue weighted by Gasteiger charge is 2.61. The van der Waals surface area contributed by atoms with E-state index in [0.29, 0.717) is 17.4 Å². The van der Waals surface area contributed by atoms with Gasteiger partial charge in [-0.05, 0) is 105 Å². The van der Waals surface area contributed by atoms with Gasteiger partial charge in [0.05, 0.1) is 12.8 Å². The van der Waals surface area contributed by atoms with Crippen molar-refractivity contribution in [1.29, 1.82) is 0 Å². The van der Waals surface area contributed by atoms with E-state index in [1.807, 2.05) is 0 Å². The van der Waals surface area contributed by atoms with Crippen LogP contribution in [0.4, 0.5) is 0 Å². The summed E-state index contributed by atoms with van der Waals surface area (Å²) < 4.78 is 12.8. The lowest BCUT2D eigenvalue weighted by atomic mass is 9.45. The minimum atomic E-state index is -1.74. The first-order chi connectivity index (χ1) is 16.2. The van der Waals surface area contributed by atoms with Crippen molar-refractivity contribution in [1.82, 2.24) is 0 Å². The molecule has 4 saturated carbocycles. The molecule has 4 fully saturated rings. The normalized spacial score (nSPS) is 41.5. The number of esters is 1. The van der Waals surface area contributed by atoms with Crippen LogP contribution in [0.1, 0.15) is 105 Å². The molecule has 6 heteroatoms. The minimum absolute atomic E-state index is 0.0174. The van der Waals surface area contributed by atoms with E-state index in [0.717, 1.165) is 37.0 Å². The van der Waals surface area contributed by atoms with Crippen LogP contribution < -0.4 is 0 Å². The SMILES string of the molecule is CC(C)(C)[Si](C)(C)OC1CC[C@@]2(C)[C@H](CC[C@@H]3[C@@H]2CC[C@]2(C)[C@@H](OC(=O)CCC(=O)O)CC[C@@H]32)C1. The van der Waals surface area contributed by atoms with Gasteiger partial charge in [0.2, 0.25) is 0 Å². The highest BCUT2D eigenvalue weighted by atomic mass is 28.4. The number of carboxylic acids is 1. The molecule has 1 unspecified atom stereocenters. The van der Waals surface area contributed by atoms with Crippen LogP contribution in [0, 0.1) is 34.5 Å². The van der Waals surface area contributed by atoms with E-state index < -0.39 is 14.3 Å². The van der Waals surface area contributed by atoms with E-state index >= 15 is 0 Å². The van der Waals surface area contributed by atoms with Gasteiger partial charge in [-0.1, -0.05) is 34.6 Å². The molecule has 0 amide bonds. The Morgan fingerprint density at radius 2 is 1.57 bits per heavy atom. The summed E-state index contributed by atoms with van der Waals surface area (Å²) in [7, 11) is -1.74. The van der Waals surface area contributed by atoms with Gasteiger partial charge in [-0.25, -0.2) is 0 Å². The van der Waals surface area contributed by atoms with Crippen molar-refractivity contribution in [3.8, 4) is 0 Å². The Kier molecular flexibility index (Phi) is 7.33. The molecule has 0 aliphatic heterocycles. The number of fused-ring (bicyclic) bond motifs is 5. The van der Waals surface area contributed by atoms with Crippen molar-refractivity contribution in [3.63, 3.8) is 0 Å². The van der Waals surface area contributed by atoms with Crippen LogP contribution in [-0.4, -0.2) is 37.6 Å². The minimum Gasteiger partial charge on any atom is -0.481 e. The first kappa shape index (κ1) is 27.2. The predicted molar refractivity (Wildman–Crippen MR) is 141 cm³/mol. The van der Waals surface area contributed by atoms with Crippen molar-refractivity contribution >= 4 is 20.3 Å². The maximum absolute atomic E-state index is 12.3. The number of carbonyl (C=O) groups excluding carboxylic acids is 1. The van der Waals surface area contributed by atoms with Gasteiger partial charge < -0.3 is 14.3 Å². The van der Waals surface area contributed by atoms with E-state index in [-0.39, 0.29) is 35.4 Å². The summed E-state index contributed by atoms with van der Waals surface area (Å²) in [6.45, 7) is 16.8. The third-order valence-electron chi connectivity index (χ3n) is 11.6. The summed E-state index contributed by atoms with van der Waals surface area (Å²) in [6, 6.07) is 0. The lowest BCUT2D eigenvalue weighted by Gasteiger charge is -2.61. The van der Waals surface area contributed by atoms with Crippen LogP contribution in [0.3, 0.4) is 0 Å². The fourth-order valence-corrected chi connectivity index (χ4v) is 9.89. The predicted octanol–water partition coefficient (Wildman–Crippen LogP) is 7.20. The molecule has 0 bridgehead atoms. The number of ether oxygens (including phenoxy) is 1. The number of rotatable bonds is 6. The van der Waals surface area contributed by atoms with Crippen LogP contribution in [0.2, 0.25) is 18.1 Å². The van der Waals surface area contributed by atoms with Crippen LogP contribution >= 0.6 is 0 Å². The average molecular weight is 507 g/mol. The topological polar surface area (TPSA) is 72.8 Å². The van der Waals surface area contributed by atoms with Crippen LogP contribution in [0.5, 0.6) is 0 Å². The molecule has 0 aromatic heterocycles. The summed E-state index contributed by atoms with van der Waals surface area (Å²) in [4.78, 5) is 23.2. The number of hydrogen-bond donors (Lipinski definition) is 1. The van der Waals surface area contributed by atoms with E-state index in [4.69, 9.17) is 14.3 Å². The summed E-state index contributed by atoms with van der Waals surface area (Å²) in [5, 5.41) is 9.16. The molecule has 35 heavy (non-hydrogen) atoms. The molecule has 8 atom stereocenters. The lowest BCUT2D eigenvalue weighted by Crippen LogP contribution is -2.55. The Morgan fingerprint density at radius 1 is 0.914 bits per heavy atom. The van der Waals surface area contributed by atoms with Gasteiger partial charge >= 0.3 is 11.9 Å². The number of hydrogen-bond acceptors (Lipinski definition) is 4. The number of aliphatic carboxylic acids is 1. The molecule has 4 aliphatic rings. The van der Waals surface area contributed by atoms with E-state index in [2.05, 4.69) is 47.7 Å². The largest absolute Gasteiger partial charge is 0.481 e. The highest BCUT2D eigenvalue weighted by molar-refractivity contribution is 6.74. The molecule has 0 radical (unpaired) electrons. The van der Waals surface area contributed by atoms with E-state index in [9.17, 15) is 9.59 Å². The molecular formula is C29H50O5Si. The number of carboxylic acid groups (broad SMARTS) is 1. The molecular weight excluding hydrogens is 456 g/mol. The maximum atomic E-state index is 12.3. The fourth-order valence-electron chi connectivity index (χ4n) is 8.49. The second-order valence-corrected chi connectivity index (χ2v) is 19.2. The zero-order valence-electron chi connectivity index (χ0n) is 23.3. The summed E-state index contributed by atoms with van der Waals surface area (Å²) >= 11 is 0. The standard InChI is InChI=1S/C29H50O5Si/c1-27(2,3)35(6,7)34-20-14-16-28(4)19(18-20)8-9-21-22-10-11-24(29(22,5)17-15-23(21)28)33-26(32)13-12-25(30)31/h19-24H,8-18H2,1-7H3,(H,30,31)/t19-,20?,21+,22+,23+,24+,28+,29+/m1/s1. The van der Waals surface area contributed by atoms with Crippen LogP contribution in [-0.2, 0) is 18.8 Å². The molecule has 0 aromatic carbocycles. The molecule has 0 heterocycles. The van der Waals surface area contributed by atoms with Gasteiger partial charge in [-0.3, -0.25) is 9.59 Å². The summed E-state index contributed by atoms with van der Waals surface area (Å²) in [5.74, 6) is 1.62. The maximum Gasteiger partial charge on any atom is 0.306 e. The summed E-state index contributed by atoms with van der Waals surface area (Å²) in [5.41, 5.74) is 0.458. The van der Waals surface area contributed by atoms with E-state index in [1.165, 1.54) is 38.5 Å². The molecule has 4 rings (SSSR count). The first-order valence-electron chi connectivity index (χ1n) is 14.3. The van der Waals surface area contributed by atoms with Gasteiger partial charge in [0.15, 0.2) is 8.32 Å². The highest BCUT2D eigenvalue weighted by Crippen LogP contribution is 2.66. The van der Waals surface area contributed by atoms with Gasteiger partial charge in [-0.2, -0.15) is 0 Å². The molecule has 0 saturated heterocycles. The summed E-state index contributed by atoms with van der Waals surface area (Å²) in [6.07, 6.45) is 11.0. The fraction of sp³-hybridized carbons (Fsp3) is 0.931. The third-order valence-corrected chi connectivity index (χ3v) is 16.1. The van der Waals surface area contributed by atoms with Crippen molar-refractivity contribution in [2.75, 3.05) is 0 Å². The molecule has 0 aromatic rings. The quantitative estimate of drug-likeness (QED) is 0.305. The molecule has 0 spiro atoms. The van der Waals surface area contributed by atoms with Crippen LogP contribution in [0.15, 0.2) is 0 Å². The zero-order valence-corrected chi connectivity index (χ0v) is 24.3. The number of carbonyl (C=O) groups is 2. The van der Waals surface area contributed by atoms with Crippen molar-refractivity contribution in [2.45, 2.75) is 136 Å². The lowest BCUT2D eigenvalue weighted by molar-refractivity contribution is -0.166. The Labute approximate surface area is 214 Å². The smallest absolute Gasteiger partial charge is 0.306 e. The zero-order chi connectivity index (χ0) is 25.8. The monoisotopic (exact) mass is 506 g/mol. The molecule has 5 nitrogen and oxygen atoms in total. The van der Waals surface area contributed by atoms with Crippen molar-refractivity contribution in [3.05, 3.63) is 0 Å². The van der Waals surface area contributed by atoms with Gasteiger partial charge in [0.1, 0.15) is 6.10 Å². The van der Waals surface area contributed by atoms with Crippen molar-refractivity contribution in [2.24, 2.45) is 34.5 Å². The van der Waals surface area contributed by atoms with E-state index in [1.54, 1.807) is 0 Å². The Balaban J connectivity index is 1.41.